The summed E-state index contributed by atoms with van der Waals surface area (Å²) >= 11 is 1.24. The number of para-hydroxylation sites is 2. The van der Waals surface area contributed by atoms with Gasteiger partial charge in [-0.2, -0.15) is 0 Å². The number of anilines is 1. The predicted octanol–water partition coefficient (Wildman–Crippen LogP) is 4.70. The lowest BCUT2D eigenvalue weighted by atomic mass is 10.1. The van der Waals surface area contributed by atoms with Gasteiger partial charge in [-0.3, -0.25) is 4.79 Å². The Labute approximate surface area is 183 Å². The molecule has 1 N–H and O–H groups in total. The van der Waals surface area contributed by atoms with Crippen LogP contribution in [0.4, 0.5) is 5.00 Å². The second-order valence-corrected chi connectivity index (χ2v) is 7.54. The summed E-state index contributed by atoms with van der Waals surface area (Å²) < 4.78 is 22.2. The normalized spacial score (nSPS) is 14.6. The minimum Gasteiger partial charge on any atom is -0.497 e. The van der Waals surface area contributed by atoms with Crippen LogP contribution in [0.3, 0.4) is 0 Å². The smallest absolute Gasteiger partial charge is 0.341 e. The van der Waals surface area contributed by atoms with E-state index in [1.807, 2.05) is 24.3 Å². The van der Waals surface area contributed by atoms with Crippen LogP contribution in [0.2, 0.25) is 0 Å². The highest BCUT2D eigenvalue weighted by molar-refractivity contribution is 7.15. The number of thiophene rings is 1. The largest absolute Gasteiger partial charge is 0.497 e. The van der Waals surface area contributed by atoms with Crippen molar-refractivity contribution < 1.29 is 28.5 Å². The van der Waals surface area contributed by atoms with Crippen molar-refractivity contribution in [2.75, 3.05) is 25.6 Å². The van der Waals surface area contributed by atoms with E-state index in [-0.39, 0.29) is 24.7 Å². The number of esters is 1. The monoisotopic (exact) mass is 439 g/mol. The van der Waals surface area contributed by atoms with Gasteiger partial charge in [-0.05, 0) is 43.3 Å². The van der Waals surface area contributed by atoms with Crippen LogP contribution in [0, 0.1) is 0 Å². The van der Waals surface area contributed by atoms with Gasteiger partial charge in [0.25, 0.3) is 5.91 Å². The minimum absolute atomic E-state index is 0.213. The van der Waals surface area contributed by atoms with E-state index in [1.165, 1.54) is 11.3 Å². The molecule has 0 aliphatic carbocycles. The minimum atomic E-state index is -0.522. The van der Waals surface area contributed by atoms with E-state index < -0.39 is 12.1 Å². The van der Waals surface area contributed by atoms with E-state index in [0.717, 1.165) is 0 Å². The zero-order valence-corrected chi connectivity index (χ0v) is 17.9. The molecule has 1 amide bonds. The van der Waals surface area contributed by atoms with Gasteiger partial charge in [0.1, 0.15) is 22.9 Å². The van der Waals surface area contributed by atoms with E-state index in [2.05, 4.69) is 5.32 Å². The van der Waals surface area contributed by atoms with Crippen molar-refractivity contribution in [1.82, 2.24) is 0 Å². The van der Waals surface area contributed by atoms with E-state index in [1.54, 1.807) is 43.7 Å². The number of benzene rings is 2. The van der Waals surface area contributed by atoms with Crippen molar-refractivity contribution in [2.24, 2.45) is 0 Å². The summed E-state index contributed by atoms with van der Waals surface area (Å²) in [5, 5.41) is 5.01. The molecule has 0 saturated carbocycles. The van der Waals surface area contributed by atoms with Crippen molar-refractivity contribution in [3.05, 3.63) is 70.6 Å². The molecule has 0 unspecified atom stereocenters. The lowest BCUT2D eigenvalue weighted by Crippen LogP contribution is -2.24. The van der Waals surface area contributed by atoms with Gasteiger partial charge >= 0.3 is 5.97 Å². The lowest BCUT2D eigenvalue weighted by molar-refractivity contribution is 0.0513. The zero-order valence-electron chi connectivity index (χ0n) is 17.0. The van der Waals surface area contributed by atoms with Crippen molar-refractivity contribution >= 4 is 28.2 Å². The Bertz CT molecular complexity index is 1090. The van der Waals surface area contributed by atoms with Gasteiger partial charge in [-0.1, -0.05) is 12.1 Å². The van der Waals surface area contributed by atoms with Gasteiger partial charge < -0.3 is 24.3 Å². The average molecular weight is 439 g/mol. The summed E-state index contributed by atoms with van der Waals surface area (Å²) in [7, 11) is 1.56. The van der Waals surface area contributed by atoms with Gasteiger partial charge in [0.2, 0.25) is 0 Å². The van der Waals surface area contributed by atoms with Crippen molar-refractivity contribution in [3.8, 4) is 17.2 Å². The molecule has 4 rings (SSSR count). The number of hydrogen-bond donors (Lipinski definition) is 1. The van der Waals surface area contributed by atoms with Gasteiger partial charge in [-0.15, -0.1) is 11.3 Å². The third-order valence-corrected chi connectivity index (χ3v) is 5.65. The fraction of sp³-hybridized carbons (Fsp3) is 0.217. The second-order valence-electron chi connectivity index (χ2n) is 6.66. The summed E-state index contributed by atoms with van der Waals surface area (Å²) in [5.41, 5.74) is 1.33. The number of rotatable bonds is 6. The first-order chi connectivity index (χ1) is 15.1. The Morgan fingerprint density at radius 2 is 1.87 bits per heavy atom. The number of ether oxygens (including phenoxy) is 4. The van der Waals surface area contributed by atoms with Crippen molar-refractivity contribution in [2.45, 2.75) is 13.0 Å². The first-order valence-electron chi connectivity index (χ1n) is 9.73. The first kappa shape index (κ1) is 20.7. The van der Waals surface area contributed by atoms with Crippen LogP contribution >= 0.6 is 11.3 Å². The Morgan fingerprint density at radius 3 is 2.58 bits per heavy atom. The molecule has 1 aromatic heterocycles. The Kier molecular flexibility index (Phi) is 6.08. The molecule has 0 saturated heterocycles. The fourth-order valence-electron chi connectivity index (χ4n) is 3.20. The first-order valence-corrected chi connectivity index (χ1v) is 10.6. The predicted molar refractivity (Wildman–Crippen MR) is 117 cm³/mol. The molecule has 0 bridgehead atoms. The Hall–Kier alpha value is -3.52. The summed E-state index contributed by atoms with van der Waals surface area (Å²) in [4.78, 5) is 25.5. The number of carbonyl (C=O) groups excluding carboxylic acids is 2. The molecule has 8 heteroatoms. The Balaban J connectivity index is 1.62. The molecular formula is C23H21NO6S. The molecule has 7 nitrogen and oxygen atoms in total. The number of carbonyl (C=O) groups is 2. The molecule has 1 aliphatic rings. The number of hydrogen-bond acceptors (Lipinski definition) is 7. The average Bonchev–Trinajstić information content (AvgIpc) is 3.22. The van der Waals surface area contributed by atoms with Crippen LogP contribution in [0.5, 0.6) is 17.2 Å². The summed E-state index contributed by atoms with van der Waals surface area (Å²) in [6, 6.07) is 14.1. The highest BCUT2D eigenvalue weighted by Gasteiger charge is 2.31. The number of nitrogens with one attached hydrogen (secondary N) is 1. The molecule has 2 aromatic carbocycles. The molecule has 0 radical (unpaired) electrons. The van der Waals surface area contributed by atoms with Crippen molar-refractivity contribution in [3.63, 3.8) is 0 Å². The summed E-state index contributed by atoms with van der Waals surface area (Å²) in [5.74, 6) is 1.04. The summed E-state index contributed by atoms with van der Waals surface area (Å²) in [6.45, 7) is 2.19. The van der Waals surface area contributed by atoms with Gasteiger partial charge in [-0.25, -0.2) is 4.79 Å². The summed E-state index contributed by atoms with van der Waals surface area (Å²) in [6.07, 6.45) is -0.503. The number of fused-ring (bicyclic) bond motifs is 1. The fourth-order valence-corrected chi connectivity index (χ4v) is 4.19. The topological polar surface area (TPSA) is 83.1 Å². The number of amides is 1. The van der Waals surface area contributed by atoms with Crippen LogP contribution in [0.1, 0.15) is 39.3 Å². The quantitative estimate of drug-likeness (QED) is 0.561. The van der Waals surface area contributed by atoms with Gasteiger partial charge in [0, 0.05) is 16.5 Å². The molecule has 1 atom stereocenters. The zero-order chi connectivity index (χ0) is 21.8. The molecule has 1 aliphatic heterocycles. The van der Waals surface area contributed by atoms with E-state index in [0.29, 0.717) is 33.4 Å². The maximum absolute atomic E-state index is 12.8. The molecule has 2 heterocycles. The van der Waals surface area contributed by atoms with Crippen LogP contribution in [-0.4, -0.2) is 32.2 Å². The van der Waals surface area contributed by atoms with E-state index in [9.17, 15) is 9.59 Å². The van der Waals surface area contributed by atoms with Crippen LogP contribution in [-0.2, 0) is 4.74 Å². The second kappa shape index (κ2) is 9.09. The van der Waals surface area contributed by atoms with E-state index in [4.69, 9.17) is 18.9 Å². The maximum atomic E-state index is 12.8. The van der Waals surface area contributed by atoms with Gasteiger partial charge in [0.05, 0.1) is 13.7 Å². The molecule has 0 fully saturated rings. The molecule has 3 aromatic rings. The SMILES string of the molecule is CCOC(=O)c1c([C@H]2COc3ccccc3O2)csc1NC(=O)c1ccc(OC)cc1. The van der Waals surface area contributed by atoms with Crippen LogP contribution < -0.4 is 19.5 Å². The maximum Gasteiger partial charge on any atom is 0.341 e. The highest BCUT2D eigenvalue weighted by Crippen LogP contribution is 2.40. The van der Waals surface area contributed by atoms with Crippen LogP contribution in [0.25, 0.3) is 0 Å². The molecule has 0 spiro atoms. The van der Waals surface area contributed by atoms with Crippen LogP contribution in [0.15, 0.2) is 53.9 Å². The highest BCUT2D eigenvalue weighted by atomic mass is 32.1. The third kappa shape index (κ3) is 4.34. The molecular weight excluding hydrogens is 418 g/mol. The number of methoxy groups -OCH3 is 1. The Morgan fingerprint density at radius 1 is 1.13 bits per heavy atom. The lowest BCUT2D eigenvalue weighted by Gasteiger charge is -2.26. The van der Waals surface area contributed by atoms with Crippen molar-refractivity contribution in [1.29, 1.82) is 0 Å². The van der Waals surface area contributed by atoms with Gasteiger partial charge in [0.15, 0.2) is 17.6 Å². The molecule has 160 valence electrons. The standard InChI is InChI=1S/C23H21NO6S/c1-3-28-23(26)20-16(19-12-29-17-6-4-5-7-18(17)30-19)13-31-22(20)24-21(25)14-8-10-15(27-2)11-9-14/h4-11,13,19H,3,12H2,1-2H3,(H,24,25)/t19-/m1/s1. The molecule has 31 heavy (non-hydrogen) atoms. The third-order valence-electron chi connectivity index (χ3n) is 4.73. The van der Waals surface area contributed by atoms with E-state index >= 15 is 0 Å².